The van der Waals surface area contributed by atoms with Crippen molar-refractivity contribution in [3.8, 4) is 5.75 Å². The molecule has 1 atom stereocenters. The molecule has 0 bridgehead atoms. The van der Waals surface area contributed by atoms with Crippen molar-refractivity contribution in [2.75, 3.05) is 6.61 Å². The molecule has 102 valence electrons. The Labute approximate surface area is 113 Å². The van der Waals surface area contributed by atoms with Gasteiger partial charge in [-0.1, -0.05) is 25.5 Å². The number of nitrogens with zero attached hydrogens (tertiary/aromatic N) is 2. The monoisotopic (exact) mass is 260 g/mol. The molecule has 1 aromatic carbocycles. The van der Waals surface area contributed by atoms with Crippen LogP contribution in [0.5, 0.6) is 5.75 Å². The molecule has 0 amide bonds. The van der Waals surface area contributed by atoms with Crippen LogP contribution in [0.1, 0.15) is 37.0 Å². The minimum atomic E-state index is -0.640. The molecule has 1 unspecified atom stereocenters. The second kappa shape index (κ2) is 6.38. The molecule has 1 N–H and O–H groups in total. The maximum absolute atomic E-state index is 10.2. The molecule has 0 saturated carbocycles. The van der Waals surface area contributed by atoms with E-state index in [2.05, 4.69) is 12.0 Å². The molecule has 19 heavy (non-hydrogen) atoms. The molecule has 4 heteroatoms. The van der Waals surface area contributed by atoms with Crippen molar-refractivity contribution in [1.82, 2.24) is 9.78 Å². The third-order valence-corrected chi connectivity index (χ3v) is 3.00. The topological polar surface area (TPSA) is 47.3 Å². The number of aromatic nitrogens is 2. The molecule has 2 rings (SSSR count). The van der Waals surface area contributed by atoms with Crippen molar-refractivity contribution in [2.45, 2.75) is 25.9 Å². The van der Waals surface area contributed by atoms with E-state index in [-0.39, 0.29) is 0 Å². The smallest absolute Gasteiger partial charge is 0.119 e. The van der Waals surface area contributed by atoms with Crippen LogP contribution in [0.4, 0.5) is 0 Å². The maximum atomic E-state index is 10.2. The summed E-state index contributed by atoms with van der Waals surface area (Å²) in [6.45, 7) is 2.87. The second-order valence-electron chi connectivity index (χ2n) is 4.62. The van der Waals surface area contributed by atoms with E-state index >= 15 is 0 Å². The number of aliphatic hydroxyl groups excluding tert-OH is 1. The number of rotatable bonds is 6. The lowest BCUT2D eigenvalue weighted by atomic mass is 10.0. The average Bonchev–Trinajstić information content (AvgIpc) is 2.86. The minimum Gasteiger partial charge on any atom is -0.494 e. The number of hydrogen-bond donors (Lipinski definition) is 1. The second-order valence-corrected chi connectivity index (χ2v) is 4.62. The van der Waals surface area contributed by atoms with Gasteiger partial charge in [0.25, 0.3) is 0 Å². The highest BCUT2D eigenvalue weighted by molar-refractivity contribution is 5.32. The van der Waals surface area contributed by atoms with E-state index in [9.17, 15) is 5.11 Å². The molecule has 0 spiro atoms. The van der Waals surface area contributed by atoms with Crippen LogP contribution >= 0.6 is 0 Å². The lowest BCUT2D eigenvalue weighted by Crippen LogP contribution is -2.00. The van der Waals surface area contributed by atoms with Crippen molar-refractivity contribution in [3.63, 3.8) is 0 Å². The maximum Gasteiger partial charge on any atom is 0.119 e. The van der Waals surface area contributed by atoms with Crippen LogP contribution in [0, 0.1) is 0 Å². The van der Waals surface area contributed by atoms with Gasteiger partial charge in [0.2, 0.25) is 0 Å². The number of unbranched alkanes of at least 4 members (excludes halogenated alkanes) is 1. The third-order valence-electron chi connectivity index (χ3n) is 3.00. The Morgan fingerprint density at radius 3 is 2.58 bits per heavy atom. The fourth-order valence-electron chi connectivity index (χ4n) is 1.85. The summed E-state index contributed by atoms with van der Waals surface area (Å²) in [5.41, 5.74) is 1.64. The number of aliphatic hydroxyl groups is 1. The predicted octanol–water partition coefficient (Wildman–Crippen LogP) is 2.68. The van der Waals surface area contributed by atoms with E-state index < -0.39 is 6.10 Å². The Bertz CT molecular complexity index is 505. The molecule has 1 heterocycles. The highest BCUT2D eigenvalue weighted by Crippen LogP contribution is 2.23. The fraction of sp³-hybridized carbons (Fsp3) is 0.400. The van der Waals surface area contributed by atoms with Crippen molar-refractivity contribution in [2.24, 2.45) is 7.05 Å². The number of ether oxygens (including phenoxy) is 1. The van der Waals surface area contributed by atoms with Gasteiger partial charge >= 0.3 is 0 Å². The molecule has 0 saturated heterocycles. The summed E-state index contributed by atoms with van der Waals surface area (Å²) < 4.78 is 7.27. The number of hydrogen-bond acceptors (Lipinski definition) is 3. The van der Waals surface area contributed by atoms with Crippen molar-refractivity contribution in [3.05, 3.63) is 47.8 Å². The fourth-order valence-corrected chi connectivity index (χ4v) is 1.85. The Balaban J connectivity index is 2.01. The molecule has 0 aliphatic heterocycles. The largest absolute Gasteiger partial charge is 0.494 e. The van der Waals surface area contributed by atoms with Gasteiger partial charge in [0.1, 0.15) is 11.9 Å². The molecule has 0 radical (unpaired) electrons. The van der Waals surface area contributed by atoms with Crippen LogP contribution in [0.15, 0.2) is 36.7 Å². The van der Waals surface area contributed by atoms with Gasteiger partial charge in [-0.2, -0.15) is 5.10 Å². The van der Waals surface area contributed by atoms with Crippen molar-refractivity contribution >= 4 is 0 Å². The predicted molar refractivity (Wildman–Crippen MR) is 74.1 cm³/mol. The van der Waals surface area contributed by atoms with E-state index in [0.29, 0.717) is 0 Å². The van der Waals surface area contributed by atoms with Gasteiger partial charge < -0.3 is 9.84 Å². The molecule has 1 aromatic heterocycles. The first-order valence-electron chi connectivity index (χ1n) is 6.60. The van der Waals surface area contributed by atoms with Crippen LogP contribution in [0.3, 0.4) is 0 Å². The summed E-state index contributed by atoms with van der Waals surface area (Å²) in [6.07, 6.45) is 5.03. The lowest BCUT2D eigenvalue weighted by Gasteiger charge is -2.10. The number of aryl methyl sites for hydroxylation is 1. The highest BCUT2D eigenvalue weighted by Gasteiger charge is 2.12. The van der Waals surface area contributed by atoms with Crippen LogP contribution < -0.4 is 4.74 Å². The van der Waals surface area contributed by atoms with Gasteiger partial charge in [0.15, 0.2) is 0 Å². The Kier molecular flexibility index (Phi) is 4.58. The SMILES string of the molecule is CCCCOc1ccc(C(O)c2cnn(C)c2)cc1. The van der Waals surface area contributed by atoms with Gasteiger partial charge in [-0.3, -0.25) is 4.68 Å². The zero-order chi connectivity index (χ0) is 13.7. The Morgan fingerprint density at radius 1 is 1.26 bits per heavy atom. The summed E-state index contributed by atoms with van der Waals surface area (Å²) in [4.78, 5) is 0. The van der Waals surface area contributed by atoms with Crippen molar-refractivity contribution in [1.29, 1.82) is 0 Å². The quantitative estimate of drug-likeness (QED) is 0.812. The zero-order valence-corrected chi connectivity index (χ0v) is 11.4. The molecule has 2 aromatic rings. The molecule has 0 aliphatic rings. The summed E-state index contributed by atoms with van der Waals surface area (Å²) in [6, 6.07) is 7.56. The summed E-state index contributed by atoms with van der Waals surface area (Å²) in [5.74, 6) is 0.843. The Morgan fingerprint density at radius 2 is 2.00 bits per heavy atom. The molecular weight excluding hydrogens is 240 g/mol. The molecule has 0 aliphatic carbocycles. The Hall–Kier alpha value is -1.81. The first-order valence-corrected chi connectivity index (χ1v) is 6.60. The van der Waals surface area contributed by atoms with Crippen molar-refractivity contribution < 1.29 is 9.84 Å². The van der Waals surface area contributed by atoms with Gasteiger partial charge in [-0.15, -0.1) is 0 Å². The van der Waals surface area contributed by atoms with Gasteiger partial charge in [0, 0.05) is 18.8 Å². The number of benzene rings is 1. The van der Waals surface area contributed by atoms with Gasteiger partial charge in [-0.05, 0) is 24.1 Å². The lowest BCUT2D eigenvalue weighted by molar-refractivity contribution is 0.220. The average molecular weight is 260 g/mol. The van der Waals surface area contributed by atoms with E-state index in [1.807, 2.05) is 37.5 Å². The minimum absolute atomic E-state index is 0.640. The molecule has 0 fully saturated rings. The van der Waals surface area contributed by atoms with Crippen LogP contribution in [0.25, 0.3) is 0 Å². The van der Waals surface area contributed by atoms with E-state index in [1.54, 1.807) is 10.9 Å². The summed E-state index contributed by atoms with van der Waals surface area (Å²) in [5, 5.41) is 14.3. The summed E-state index contributed by atoms with van der Waals surface area (Å²) >= 11 is 0. The molecule has 4 nitrogen and oxygen atoms in total. The molecular formula is C15H20N2O2. The summed E-state index contributed by atoms with van der Waals surface area (Å²) in [7, 11) is 1.83. The standard InChI is InChI=1S/C15H20N2O2/c1-3-4-9-19-14-7-5-12(6-8-14)15(18)13-10-16-17(2)11-13/h5-8,10-11,15,18H,3-4,9H2,1-2H3. The zero-order valence-electron chi connectivity index (χ0n) is 11.4. The van der Waals surface area contributed by atoms with Gasteiger partial charge in [-0.25, -0.2) is 0 Å². The van der Waals surface area contributed by atoms with E-state index in [0.717, 1.165) is 36.3 Å². The first-order chi connectivity index (χ1) is 9.20. The third kappa shape index (κ3) is 3.58. The highest BCUT2D eigenvalue weighted by atomic mass is 16.5. The van der Waals surface area contributed by atoms with Crippen LogP contribution in [-0.2, 0) is 7.05 Å². The van der Waals surface area contributed by atoms with E-state index in [4.69, 9.17) is 4.74 Å². The van der Waals surface area contributed by atoms with Crippen LogP contribution in [0.2, 0.25) is 0 Å². The van der Waals surface area contributed by atoms with E-state index in [1.165, 1.54) is 0 Å². The van der Waals surface area contributed by atoms with Gasteiger partial charge in [0.05, 0.1) is 12.8 Å². The first kappa shape index (κ1) is 13.6. The normalized spacial score (nSPS) is 12.4. The van der Waals surface area contributed by atoms with Crippen LogP contribution in [-0.4, -0.2) is 21.5 Å².